The van der Waals surface area contributed by atoms with E-state index < -0.39 is 11.8 Å². The van der Waals surface area contributed by atoms with Crippen molar-refractivity contribution in [3.63, 3.8) is 0 Å². The number of aliphatic imine (C=N–C) groups is 1. The molecule has 1 aliphatic heterocycles. The lowest BCUT2D eigenvalue weighted by molar-refractivity contribution is -0.121. The Balaban J connectivity index is 1.70. The minimum Gasteiger partial charge on any atom is -0.490 e. The van der Waals surface area contributed by atoms with Crippen LogP contribution in [0.4, 0.5) is 10.1 Å². The van der Waals surface area contributed by atoms with Crippen LogP contribution < -0.4 is 25.8 Å². The van der Waals surface area contributed by atoms with E-state index in [2.05, 4.69) is 15.6 Å². The molecular weight excluding hydrogens is 387 g/mol. The van der Waals surface area contributed by atoms with Gasteiger partial charge in [-0.1, -0.05) is 12.1 Å². The Hall–Kier alpha value is -3.29. The van der Waals surface area contributed by atoms with E-state index in [9.17, 15) is 9.18 Å². The van der Waals surface area contributed by atoms with Crippen LogP contribution in [0.2, 0.25) is 0 Å². The molecule has 3 rings (SSSR count). The number of fused-ring (bicyclic) bond motifs is 1. The molecule has 1 aliphatic rings. The number of benzene rings is 2. The number of hydrogen-bond donors (Lipinski definition) is 3. The Morgan fingerprint density at radius 3 is 2.60 bits per heavy atom. The summed E-state index contributed by atoms with van der Waals surface area (Å²) < 4.78 is 24.5. The summed E-state index contributed by atoms with van der Waals surface area (Å²) in [6.07, 6.45) is 1.23. The predicted molar refractivity (Wildman–Crippen MR) is 114 cm³/mol. The van der Waals surface area contributed by atoms with Crippen molar-refractivity contribution < 1.29 is 18.7 Å². The highest BCUT2D eigenvalue weighted by molar-refractivity contribution is 5.94. The molecule has 1 amide bonds. The smallest absolute Gasteiger partial charge is 0.222 e. The van der Waals surface area contributed by atoms with Crippen molar-refractivity contribution >= 4 is 17.6 Å². The predicted octanol–water partition coefficient (Wildman–Crippen LogP) is 2.71. The number of anilines is 1. The number of amides is 1. The third-order valence-electron chi connectivity index (χ3n) is 4.62. The highest BCUT2D eigenvalue weighted by Crippen LogP contribution is 2.32. The molecule has 0 fully saturated rings. The maximum Gasteiger partial charge on any atom is 0.222 e. The third kappa shape index (κ3) is 6.10. The quantitative estimate of drug-likeness (QED) is 0.478. The fourth-order valence-electron chi connectivity index (χ4n) is 3.05. The lowest BCUT2D eigenvalue weighted by atomic mass is 9.99. The molecule has 0 saturated carbocycles. The van der Waals surface area contributed by atoms with Gasteiger partial charge in [0.1, 0.15) is 5.82 Å². The standard InChI is InChI=1S/C22H27FN4O3/c1-2-25-22(27-18-8-9-19-20(13-18)30-11-3-10-29-19)26-14-16(21(24)28)12-15-4-6-17(23)7-5-15/h4-9,13,16H,2-3,10-12,14H2,1H3,(H2,24,28)(H2,25,26,27). The molecule has 1 unspecified atom stereocenters. The third-order valence-corrected chi connectivity index (χ3v) is 4.62. The summed E-state index contributed by atoms with van der Waals surface area (Å²) >= 11 is 0. The molecular formula is C22H27FN4O3. The van der Waals surface area contributed by atoms with Crippen molar-refractivity contribution in [1.82, 2.24) is 5.32 Å². The van der Waals surface area contributed by atoms with Crippen LogP contribution in [0.3, 0.4) is 0 Å². The number of nitrogens with zero attached hydrogens (tertiary/aromatic N) is 1. The van der Waals surface area contributed by atoms with Crippen molar-refractivity contribution in [2.45, 2.75) is 19.8 Å². The van der Waals surface area contributed by atoms with Gasteiger partial charge in [0.2, 0.25) is 5.91 Å². The van der Waals surface area contributed by atoms with Gasteiger partial charge in [-0.25, -0.2) is 4.39 Å². The van der Waals surface area contributed by atoms with Crippen molar-refractivity contribution in [3.8, 4) is 11.5 Å². The van der Waals surface area contributed by atoms with Crippen LogP contribution in [0.25, 0.3) is 0 Å². The minimum atomic E-state index is -0.505. The Morgan fingerprint density at radius 1 is 1.17 bits per heavy atom. The molecule has 0 bridgehead atoms. The Bertz CT molecular complexity index is 886. The monoisotopic (exact) mass is 414 g/mol. The molecule has 7 nitrogen and oxygen atoms in total. The molecule has 160 valence electrons. The fraction of sp³-hybridized carbons (Fsp3) is 0.364. The minimum absolute atomic E-state index is 0.201. The lowest BCUT2D eigenvalue weighted by Crippen LogP contribution is -2.33. The number of guanidine groups is 1. The van der Waals surface area contributed by atoms with E-state index in [-0.39, 0.29) is 12.4 Å². The average molecular weight is 414 g/mol. The van der Waals surface area contributed by atoms with Gasteiger partial charge in [0.25, 0.3) is 0 Å². The summed E-state index contributed by atoms with van der Waals surface area (Å²) in [5.74, 6) is 0.649. The number of nitrogens with two attached hydrogens (primary N) is 1. The van der Waals surface area contributed by atoms with Gasteiger partial charge in [-0.05, 0) is 43.2 Å². The second-order valence-electron chi connectivity index (χ2n) is 6.99. The molecule has 0 aromatic heterocycles. The maximum atomic E-state index is 13.1. The first kappa shape index (κ1) is 21.4. The molecule has 30 heavy (non-hydrogen) atoms. The van der Waals surface area contributed by atoms with Crippen molar-refractivity contribution in [1.29, 1.82) is 0 Å². The fourth-order valence-corrected chi connectivity index (χ4v) is 3.05. The van der Waals surface area contributed by atoms with Gasteiger partial charge in [0.05, 0.1) is 25.7 Å². The first-order chi connectivity index (χ1) is 14.5. The average Bonchev–Trinajstić information content (AvgIpc) is 2.97. The van der Waals surface area contributed by atoms with Crippen molar-refractivity contribution in [2.75, 3.05) is 31.6 Å². The van der Waals surface area contributed by atoms with Crippen molar-refractivity contribution in [2.24, 2.45) is 16.6 Å². The lowest BCUT2D eigenvalue weighted by Gasteiger charge is -2.15. The number of hydrogen-bond acceptors (Lipinski definition) is 4. The van der Waals surface area contributed by atoms with Gasteiger partial charge in [-0.15, -0.1) is 0 Å². The number of primary amides is 1. The van der Waals surface area contributed by atoms with Crippen LogP contribution >= 0.6 is 0 Å². The Morgan fingerprint density at radius 2 is 1.90 bits per heavy atom. The molecule has 2 aromatic rings. The topological polar surface area (TPSA) is 98.0 Å². The van der Waals surface area contributed by atoms with Gasteiger partial charge in [0, 0.05) is 24.7 Å². The number of halogens is 1. The summed E-state index contributed by atoms with van der Waals surface area (Å²) in [7, 11) is 0. The summed E-state index contributed by atoms with van der Waals surface area (Å²) in [6, 6.07) is 11.6. The second-order valence-corrected chi connectivity index (χ2v) is 6.99. The number of carbonyl (C=O) groups excluding carboxylic acids is 1. The van der Waals surface area contributed by atoms with Crippen LogP contribution in [-0.2, 0) is 11.2 Å². The number of rotatable bonds is 7. The number of carbonyl (C=O) groups is 1. The highest BCUT2D eigenvalue weighted by atomic mass is 19.1. The van der Waals surface area contributed by atoms with E-state index in [1.807, 2.05) is 25.1 Å². The molecule has 0 saturated heterocycles. The van der Waals surface area contributed by atoms with Crippen LogP contribution in [0.5, 0.6) is 11.5 Å². The summed E-state index contributed by atoms with van der Waals surface area (Å²) in [6.45, 7) is 4.04. The largest absolute Gasteiger partial charge is 0.490 e. The summed E-state index contributed by atoms with van der Waals surface area (Å²) in [4.78, 5) is 16.4. The van der Waals surface area contributed by atoms with Gasteiger partial charge >= 0.3 is 0 Å². The van der Waals surface area contributed by atoms with Gasteiger partial charge < -0.3 is 25.8 Å². The maximum absolute atomic E-state index is 13.1. The van der Waals surface area contributed by atoms with Gasteiger partial charge in [0.15, 0.2) is 17.5 Å². The normalized spacial score (nSPS) is 14.5. The molecule has 0 aliphatic carbocycles. The summed E-state index contributed by atoms with van der Waals surface area (Å²) in [5.41, 5.74) is 7.18. The van der Waals surface area contributed by atoms with Crippen LogP contribution in [0, 0.1) is 11.7 Å². The first-order valence-corrected chi connectivity index (χ1v) is 10.0. The van der Waals surface area contributed by atoms with E-state index in [4.69, 9.17) is 15.2 Å². The Labute approximate surface area is 175 Å². The summed E-state index contributed by atoms with van der Waals surface area (Å²) in [5, 5.41) is 6.37. The van der Waals surface area contributed by atoms with E-state index in [0.717, 1.165) is 17.7 Å². The molecule has 4 N–H and O–H groups in total. The zero-order valence-corrected chi connectivity index (χ0v) is 17.0. The number of nitrogens with one attached hydrogen (secondary N) is 2. The number of ether oxygens (including phenoxy) is 2. The van der Waals surface area contributed by atoms with Crippen LogP contribution in [0.1, 0.15) is 18.9 Å². The molecule has 2 aromatic carbocycles. The highest BCUT2D eigenvalue weighted by Gasteiger charge is 2.17. The SMILES string of the molecule is CCNC(=NCC(Cc1ccc(F)cc1)C(N)=O)Nc1ccc2c(c1)OCCCO2. The molecule has 1 atom stereocenters. The first-order valence-electron chi connectivity index (χ1n) is 10.0. The molecule has 8 heteroatoms. The Kier molecular flexibility index (Phi) is 7.48. The molecule has 0 spiro atoms. The van der Waals surface area contributed by atoms with Crippen molar-refractivity contribution in [3.05, 3.63) is 53.8 Å². The van der Waals surface area contributed by atoms with E-state index in [0.29, 0.717) is 43.6 Å². The molecule has 0 radical (unpaired) electrons. The second kappa shape index (κ2) is 10.5. The van der Waals surface area contributed by atoms with Gasteiger partial charge in [-0.3, -0.25) is 9.79 Å². The van der Waals surface area contributed by atoms with E-state index >= 15 is 0 Å². The van der Waals surface area contributed by atoms with E-state index in [1.165, 1.54) is 12.1 Å². The van der Waals surface area contributed by atoms with E-state index in [1.54, 1.807) is 12.1 Å². The zero-order chi connectivity index (χ0) is 21.3. The zero-order valence-electron chi connectivity index (χ0n) is 17.0. The van der Waals surface area contributed by atoms with Crippen LogP contribution in [-0.4, -0.2) is 38.2 Å². The van der Waals surface area contributed by atoms with Crippen LogP contribution in [0.15, 0.2) is 47.5 Å². The molecule has 1 heterocycles. The van der Waals surface area contributed by atoms with Gasteiger partial charge in [-0.2, -0.15) is 0 Å².